The van der Waals surface area contributed by atoms with Gasteiger partial charge in [-0.1, -0.05) is 20.8 Å². The molecule has 1 saturated heterocycles. The third-order valence-corrected chi connectivity index (χ3v) is 6.15. The molecule has 0 spiro atoms. The van der Waals surface area contributed by atoms with Crippen LogP contribution in [0.4, 0.5) is 4.39 Å². The van der Waals surface area contributed by atoms with Crippen molar-refractivity contribution in [1.29, 1.82) is 5.26 Å². The molecule has 1 aliphatic rings. The van der Waals surface area contributed by atoms with E-state index in [4.69, 9.17) is 4.74 Å². The number of benzene rings is 1. The largest absolute Gasteiger partial charge is 0.497 e. The molecule has 3 atom stereocenters. The SMILES string of the molecule is COc1cc(F)c2[nH]c(C(=O)NC(CC(C)(C)C)C(=O)NC(C#N)CC3CC(C)(C)NC3=O)cc2c1. The molecule has 2 heterocycles. The number of halogens is 1. The minimum absolute atomic E-state index is 0.0885. The van der Waals surface area contributed by atoms with Crippen LogP contribution in [0.1, 0.15) is 64.4 Å². The van der Waals surface area contributed by atoms with Crippen LogP contribution in [0, 0.1) is 28.5 Å². The van der Waals surface area contributed by atoms with Gasteiger partial charge in [0.05, 0.1) is 18.7 Å². The summed E-state index contributed by atoms with van der Waals surface area (Å²) in [5.41, 5.74) is -0.449. The maximum absolute atomic E-state index is 14.4. The Morgan fingerprint density at radius 1 is 1.28 bits per heavy atom. The fourth-order valence-corrected chi connectivity index (χ4v) is 4.56. The number of ether oxygens (including phenoxy) is 1. The van der Waals surface area contributed by atoms with E-state index in [1.165, 1.54) is 19.2 Å². The maximum atomic E-state index is 14.4. The van der Waals surface area contributed by atoms with E-state index in [9.17, 15) is 24.0 Å². The van der Waals surface area contributed by atoms with Gasteiger partial charge in [-0.25, -0.2) is 4.39 Å². The standard InChI is InChI=1S/C26H34FN5O4/c1-25(2,3)12-20(24(35)29-16(13-28)7-15-11-26(4,5)32-22(15)33)31-23(34)19-9-14-8-17(36-6)10-18(27)21(14)30-19/h8-10,15-16,20,30H,7,11-12H2,1-6H3,(H,29,35)(H,31,34)(H,32,33). The second kappa shape index (κ2) is 10.2. The molecule has 3 unspecified atom stereocenters. The molecule has 1 aliphatic heterocycles. The molecule has 10 heteroatoms. The zero-order valence-corrected chi connectivity index (χ0v) is 21.5. The molecule has 2 aromatic rings. The van der Waals surface area contributed by atoms with Crippen LogP contribution in [0.3, 0.4) is 0 Å². The van der Waals surface area contributed by atoms with Crippen molar-refractivity contribution in [3.8, 4) is 11.8 Å². The Hall–Kier alpha value is -3.61. The lowest BCUT2D eigenvalue weighted by Gasteiger charge is -2.27. The smallest absolute Gasteiger partial charge is 0.268 e. The summed E-state index contributed by atoms with van der Waals surface area (Å²) in [6.45, 7) is 9.60. The van der Waals surface area contributed by atoms with Crippen molar-refractivity contribution in [2.75, 3.05) is 7.11 Å². The average molecular weight is 500 g/mol. The monoisotopic (exact) mass is 499 g/mol. The van der Waals surface area contributed by atoms with Gasteiger partial charge < -0.3 is 25.7 Å². The number of aromatic amines is 1. The van der Waals surface area contributed by atoms with Gasteiger partial charge in [-0.15, -0.1) is 0 Å². The highest BCUT2D eigenvalue weighted by molar-refractivity contribution is 6.00. The van der Waals surface area contributed by atoms with E-state index >= 15 is 0 Å². The normalized spacial score (nSPS) is 18.7. The van der Waals surface area contributed by atoms with Crippen molar-refractivity contribution in [1.82, 2.24) is 20.9 Å². The number of fused-ring (bicyclic) bond motifs is 1. The topological polar surface area (TPSA) is 136 Å². The highest BCUT2D eigenvalue weighted by Gasteiger charge is 2.39. The van der Waals surface area contributed by atoms with Crippen molar-refractivity contribution in [3.63, 3.8) is 0 Å². The molecule has 1 fully saturated rings. The Morgan fingerprint density at radius 3 is 2.53 bits per heavy atom. The number of rotatable bonds is 8. The Labute approximate surface area is 210 Å². The third-order valence-electron chi connectivity index (χ3n) is 6.15. The summed E-state index contributed by atoms with van der Waals surface area (Å²) < 4.78 is 19.5. The molecule has 36 heavy (non-hydrogen) atoms. The summed E-state index contributed by atoms with van der Waals surface area (Å²) in [7, 11) is 1.42. The summed E-state index contributed by atoms with van der Waals surface area (Å²) in [4.78, 5) is 41.2. The van der Waals surface area contributed by atoms with Crippen LogP contribution < -0.4 is 20.7 Å². The van der Waals surface area contributed by atoms with Gasteiger partial charge in [0.2, 0.25) is 11.8 Å². The summed E-state index contributed by atoms with van der Waals surface area (Å²) in [6.07, 6.45) is 1.03. The minimum Gasteiger partial charge on any atom is -0.497 e. The molecule has 194 valence electrons. The molecular formula is C26H34FN5O4. The zero-order chi connectivity index (χ0) is 26.8. The number of methoxy groups -OCH3 is 1. The number of H-pyrrole nitrogens is 1. The molecule has 0 radical (unpaired) electrons. The number of nitrogens with one attached hydrogen (secondary N) is 4. The first kappa shape index (κ1) is 27.0. The Balaban J connectivity index is 1.75. The second-order valence-corrected chi connectivity index (χ2v) is 11.2. The first-order valence-corrected chi connectivity index (χ1v) is 11.9. The fraction of sp³-hybridized carbons (Fsp3) is 0.538. The summed E-state index contributed by atoms with van der Waals surface area (Å²) in [6, 6.07) is 4.52. The average Bonchev–Trinajstić information content (AvgIpc) is 3.31. The van der Waals surface area contributed by atoms with E-state index < -0.39 is 29.7 Å². The van der Waals surface area contributed by atoms with Crippen LogP contribution in [-0.4, -0.2) is 47.4 Å². The molecule has 0 aliphatic carbocycles. The lowest BCUT2D eigenvalue weighted by molar-refractivity contribution is -0.125. The number of aromatic nitrogens is 1. The van der Waals surface area contributed by atoms with E-state index in [1.807, 2.05) is 34.6 Å². The predicted molar refractivity (Wildman–Crippen MR) is 133 cm³/mol. The molecule has 0 saturated carbocycles. The van der Waals surface area contributed by atoms with Gasteiger partial charge in [0.25, 0.3) is 5.91 Å². The first-order valence-electron chi connectivity index (χ1n) is 11.9. The van der Waals surface area contributed by atoms with Crippen LogP contribution in [0.15, 0.2) is 18.2 Å². The number of nitrogens with zero attached hydrogens (tertiary/aromatic N) is 1. The molecule has 1 aromatic carbocycles. The van der Waals surface area contributed by atoms with Gasteiger partial charge >= 0.3 is 0 Å². The summed E-state index contributed by atoms with van der Waals surface area (Å²) in [5, 5.41) is 18.4. The molecule has 1 aromatic heterocycles. The fourth-order valence-electron chi connectivity index (χ4n) is 4.56. The van der Waals surface area contributed by atoms with Crippen LogP contribution in [-0.2, 0) is 9.59 Å². The number of amides is 3. The molecular weight excluding hydrogens is 465 g/mol. The van der Waals surface area contributed by atoms with Crippen LogP contribution in [0.25, 0.3) is 10.9 Å². The van der Waals surface area contributed by atoms with Gasteiger partial charge in [-0.3, -0.25) is 14.4 Å². The number of carbonyl (C=O) groups is 3. The molecule has 4 N–H and O–H groups in total. The van der Waals surface area contributed by atoms with Crippen molar-refractivity contribution in [2.24, 2.45) is 11.3 Å². The van der Waals surface area contributed by atoms with Crippen molar-refractivity contribution in [3.05, 3.63) is 29.7 Å². The molecule has 3 rings (SSSR count). The highest BCUT2D eigenvalue weighted by atomic mass is 19.1. The van der Waals surface area contributed by atoms with Crippen molar-refractivity contribution in [2.45, 2.75) is 71.5 Å². The number of carbonyl (C=O) groups excluding carboxylic acids is 3. The predicted octanol–water partition coefficient (Wildman–Crippen LogP) is 3.16. The number of hydrogen-bond acceptors (Lipinski definition) is 5. The lowest BCUT2D eigenvalue weighted by Crippen LogP contribution is -2.51. The molecule has 3 amide bonds. The van der Waals surface area contributed by atoms with E-state index in [1.54, 1.807) is 6.07 Å². The van der Waals surface area contributed by atoms with E-state index in [0.717, 1.165) is 0 Å². The van der Waals surface area contributed by atoms with E-state index in [2.05, 4.69) is 27.0 Å². The highest BCUT2D eigenvalue weighted by Crippen LogP contribution is 2.28. The zero-order valence-electron chi connectivity index (χ0n) is 21.5. The first-order chi connectivity index (χ1) is 16.7. The van der Waals surface area contributed by atoms with Gasteiger partial charge in [0.1, 0.15) is 23.5 Å². The van der Waals surface area contributed by atoms with Crippen molar-refractivity contribution < 1.29 is 23.5 Å². The van der Waals surface area contributed by atoms with E-state index in [-0.39, 0.29) is 40.4 Å². The molecule has 9 nitrogen and oxygen atoms in total. The third kappa shape index (κ3) is 6.53. The van der Waals surface area contributed by atoms with Gasteiger partial charge in [-0.05, 0) is 50.7 Å². The second-order valence-electron chi connectivity index (χ2n) is 11.2. The van der Waals surface area contributed by atoms with Gasteiger partial charge in [-0.2, -0.15) is 5.26 Å². The van der Waals surface area contributed by atoms with Crippen molar-refractivity contribution >= 4 is 28.6 Å². The Morgan fingerprint density at radius 2 is 1.97 bits per heavy atom. The van der Waals surface area contributed by atoms with Crippen LogP contribution in [0.5, 0.6) is 5.75 Å². The minimum atomic E-state index is -0.951. The summed E-state index contributed by atoms with van der Waals surface area (Å²) >= 11 is 0. The maximum Gasteiger partial charge on any atom is 0.268 e. The van der Waals surface area contributed by atoms with Gasteiger partial charge in [0.15, 0.2) is 5.82 Å². The Bertz CT molecular complexity index is 1210. The lowest BCUT2D eigenvalue weighted by atomic mass is 9.87. The van der Waals surface area contributed by atoms with Crippen LogP contribution >= 0.6 is 0 Å². The number of nitriles is 1. The Kier molecular flexibility index (Phi) is 7.62. The van der Waals surface area contributed by atoms with E-state index in [0.29, 0.717) is 24.0 Å². The number of hydrogen-bond donors (Lipinski definition) is 4. The summed E-state index contributed by atoms with van der Waals surface area (Å²) in [5.74, 6) is -1.89. The van der Waals surface area contributed by atoms with Gasteiger partial charge in [0, 0.05) is 22.9 Å². The van der Waals surface area contributed by atoms with Crippen LogP contribution in [0.2, 0.25) is 0 Å². The quantitative estimate of drug-likeness (QED) is 0.442. The molecule has 0 bridgehead atoms.